The highest BCUT2D eigenvalue weighted by Gasteiger charge is 2.51. The van der Waals surface area contributed by atoms with Gasteiger partial charge in [0.05, 0.1) is 0 Å². The maximum atomic E-state index is 12.1. The lowest BCUT2D eigenvalue weighted by Crippen LogP contribution is -2.34. The molecule has 82 valence electrons. The predicted octanol–water partition coefficient (Wildman–Crippen LogP) is 1.50. The van der Waals surface area contributed by atoms with E-state index in [0.29, 0.717) is 5.57 Å². The van der Waals surface area contributed by atoms with Crippen molar-refractivity contribution in [2.45, 2.75) is 12.3 Å². The summed E-state index contributed by atoms with van der Waals surface area (Å²) in [5.41, 5.74) is 0.238. The van der Waals surface area contributed by atoms with Crippen LogP contribution in [0.15, 0.2) is 42.5 Å². The Labute approximate surface area is 94.4 Å². The van der Waals surface area contributed by atoms with Gasteiger partial charge >= 0.3 is 0 Å². The van der Waals surface area contributed by atoms with Gasteiger partial charge in [-0.3, -0.25) is 14.5 Å². The highest BCUT2D eigenvalue weighted by Crippen LogP contribution is 2.38. The average Bonchev–Trinajstić information content (AvgIpc) is 2.47. The molecule has 0 unspecified atom stereocenters. The van der Waals surface area contributed by atoms with Gasteiger partial charge in [0.15, 0.2) is 0 Å². The zero-order valence-corrected chi connectivity index (χ0v) is 9.36. The maximum Gasteiger partial charge on any atom is 0.256 e. The molecule has 0 radical (unpaired) electrons. The molecule has 0 spiro atoms. The van der Waals surface area contributed by atoms with E-state index in [0.717, 1.165) is 10.5 Å². The third-order valence-corrected chi connectivity index (χ3v) is 3.25. The Hall–Kier alpha value is -1.90. The van der Waals surface area contributed by atoms with E-state index in [2.05, 4.69) is 6.58 Å². The molecule has 1 aliphatic heterocycles. The second-order valence-corrected chi connectivity index (χ2v) is 4.14. The standard InChI is InChI=1S/C13H13NO2/c1-9-11(15)14(3)12(16)13(9,2)10-7-5-4-6-8-10/h4-8H,1H2,2-3H3/t13-/m1/s1. The molecule has 1 fully saturated rings. The van der Waals surface area contributed by atoms with Gasteiger partial charge in [-0.25, -0.2) is 0 Å². The second kappa shape index (κ2) is 3.30. The lowest BCUT2D eigenvalue weighted by molar-refractivity contribution is -0.137. The van der Waals surface area contributed by atoms with Gasteiger partial charge in [-0.1, -0.05) is 36.9 Å². The third kappa shape index (κ3) is 1.14. The number of likely N-dealkylation sites (tertiary alicyclic amines) is 1. The van der Waals surface area contributed by atoms with E-state index in [1.807, 2.05) is 30.3 Å². The first-order valence-corrected chi connectivity index (χ1v) is 5.07. The summed E-state index contributed by atoms with van der Waals surface area (Å²) < 4.78 is 0. The van der Waals surface area contributed by atoms with Gasteiger partial charge in [-0.2, -0.15) is 0 Å². The summed E-state index contributed by atoms with van der Waals surface area (Å²) in [7, 11) is 1.49. The summed E-state index contributed by atoms with van der Waals surface area (Å²) in [6.45, 7) is 5.50. The summed E-state index contributed by atoms with van der Waals surface area (Å²) in [6.07, 6.45) is 0. The Bertz CT molecular complexity index is 478. The molecule has 0 bridgehead atoms. The zero-order valence-electron chi connectivity index (χ0n) is 9.36. The van der Waals surface area contributed by atoms with Crippen molar-refractivity contribution in [3.63, 3.8) is 0 Å². The first-order chi connectivity index (χ1) is 7.49. The van der Waals surface area contributed by atoms with E-state index in [9.17, 15) is 9.59 Å². The molecular weight excluding hydrogens is 202 g/mol. The SMILES string of the molecule is C=C1C(=O)N(C)C(=O)[C@@]1(C)c1ccccc1. The second-order valence-electron chi connectivity index (χ2n) is 4.14. The molecule has 0 aromatic heterocycles. The minimum atomic E-state index is -0.910. The Balaban J connectivity index is 2.59. The lowest BCUT2D eigenvalue weighted by atomic mass is 9.78. The van der Waals surface area contributed by atoms with Gasteiger partial charge in [0.1, 0.15) is 5.41 Å². The van der Waals surface area contributed by atoms with Crippen LogP contribution >= 0.6 is 0 Å². The van der Waals surface area contributed by atoms with Crippen LogP contribution < -0.4 is 0 Å². The van der Waals surface area contributed by atoms with Crippen molar-refractivity contribution in [2.24, 2.45) is 0 Å². The summed E-state index contributed by atoms with van der Waals surface area (Å²) in [4.78, 5) is 24.9. The van der Waals surface area contributed by atoms with Crippen LogP contribution in [0.2, 0.25) is 0 Å². The van der Waals surface area contributed by atoms with Crippen LogP contribution in [0.25, 0.3) is 0 Å². The zero-order chi connectivity index (χ0) is 11.9. The summed E-state index contributed by atoms with van der Waals surface area (Å²) in [5, 5.41) is 0. The minimum absolute atomic E-state index is 0.214. The summed E-state index contributed by atoms with van der Waals surface area (Å²) in [5.74, 6) is -0.509. The van der Waals surface area contributed by atoms with Crippen LogP contribution in [0.1, 0.15) is 12.5 Å². The van der Waals surface area contributed by atoms with Crippen molar-refractivity contribution < 1.29 is 9.59 Å². The number of likely N-dealkylation sites (N-methyl/N-ethyl adjacent to an activating group) is 1. The normalized spacial score (nSPS) is 25.4. The Morgan fingerprint density at radius 3 is 2.19 bits per heavy atom. The molecular formula is C13H13NO2. The molecule has 16 heavy (non-hydrogen) atoms. The van der Waals surface area contributed by atoms with Gasteiger partial charge in [0, 0.05) is 12.6 Å². The van der Waals surface area contributed by atoms with Gasteiger partial charge in [0.2, 0.25) is 5.91 Å². The van der Waals surface area contributed by atoms with Crippen molar-refractivity contribution in [1.82, 2.24) is 4.90 Å². The van der Waals surface area contributed by atoms with Crippen molar-refractivity contribution in [1.29, 1.82) is 0 Å². The third-order valence-electron chi connectivity index (χ3n) is 3.25. The molecule has 0 N–H and O–H groups in total. The lowest BCUT2D eigenvalue weighted by Gasteiger charge is -2.22. The number of hydrogen-bond donors (Lipinski definition) is 0. The van der Waals surface area contributed by atoms with E-state index in [4.69, 9.17) is 0 Å². The molecule has 1 atom stereocenters. The number of amides is 2. The number of hydrogen-bond acceptors (Lipinski definition) is 2. The molecule has 0 aliphatic carbocycles. The number of imide groups is 1. The molecule has 2 amide bonds. The Kier molecular flexibility index (Phi) is 2.19. The van der Waals surface area contributed by atoms with Gasteiger partial charge in [0.25, 0.3) is 5.91 Å². The molecule has 3 heteroatoms. The maximum absolute atomic E-state index is 12.1. The number of nitrogens with zero attached hydrogens (tertiary/aromatic N) is 1. The van der Waals surface area contributed by atoms with Crippen molar-refractivity contribution >= 4 is 11.8 Å². The van der Waals surface area contributed by atoms with Crippen LogP contribution in [0.5, 0.6) is 0 Å². The van der Waals surface area contributed by atoms with Crippen LogP contribution in [0.3, 0.4) is 0 Å². The highest BCUT2D eigenvalue weighted by atomic mass is 16.2. The van der Waals surface area contributed by atoms with E-state index < -0.39 is 5.41 Å². The fraction of sp³-hybridized carbons (Fsp3) is 0.231. The van der Waals surface area contributed by atoms with E-state index in [1.54, 1.807) is 6.92 Å². The number of carbonyl (C=O) groups excluding carboxylic acids is 2. The predicted molar refractivity (Wildman–Crippen MR) is 60.7 cm³/mol. The largest absolute Gasteiger partial charge is 0.281 e. The molecule has 1 aromatic carbocycles. The average molecular weight is 215 g/mol. The van der Waals surface area contributed by atoms with Crippen LogP contribution in [-0.2, 0) is 15.0 Å². The minimum Gasteiger partial charge on any atom is -0.281 e. The number of rotatable bonds is 1. The van der Waals surface area contributed by atoms with Crippen LogP contribution in [-0.4, -0.2) is 23.8 Å². The molecule has 1 aliphatic rings. The first kappa shape index (κ1) is 10.6. The van der Waals surface area contributed by atoms with E-state index >= 15 is 0 Å². The Morgan fingerprint density at radius 1 is 1.19 bits per heavy atom. The molecule has 1 saturated heterocycles. The molecule has 0 saturated carbocycles. The Morgan fingerprint density at radius 2 is 1.75 bits per heavy atom. The van der Waals surface area contributed by atoms with Gasteiger partial charge in [-0.15, -0.1) is 0 Å². The number of benzene rings is 1. The molecule has 1 aromatic rings. The number of carbonyl (C=O) groups is 2. The van der Waals surface area contributed by atoms with Crippen molar-refractivity contribution in [3.8, 4) is 0 Å². The molecule has 1 heterocycles. The van der Waals surface area contributed by atoms with Crippen molar-refractivity contribution in [3.05, 3.63) is 48.0 Å². The van der Waals surface area contributed by atoms with Crippen LogP contribution in [0, 0.1) is 0 Å². The highest BCUT2D eigenvalue weighted by molar-refractivity contribution is 6.19. The van der Waals surface area contributed by atoms with E-state index in [-0.39, 0.29) is 11.8 Å². The fourth-order valence-corrected chi connectivity index (χ4v) is 2.04. The first-order valence-electron chi connectivity index (χ1n) is 5.07. The summed E-state index contributed by atoms with van der Waals surface area (Å²) in [6, 6.07) is 9.26. The van der Waals surface area contributed by atoms with Gasteiger partial charge in [-0.05, 0) is 12.5 Å². The van der Waals surface area contributed by atoms with Crippen molar-refractivity contribution in [2.75, 3.05) is 7.05 Å². The molecule has 2 rings (SSSR count). The van der Waals surface area contributed by atoms with Gasteiger partial charge < -0.3 is 0 Å². The van der Waals surface area contributed by atoms with E-state index in [1.165, 1.54) is 7.05 Å². The monoisotopic (exact) mass is 215 g/mol. The molecule has 3 nitrogen and oxygen atoms in total. The fourth-order valence-electron chi connectivity index (χ4n) is 2.04. The summed E-state index contributed by atoms with van der Waals surface area (Å²) >= 11 is 0. The topological polar surface area (TPSA) is 37.4 Å². The smallest absolute Gasteiger partial charge is 0.256 e. The van der Waals surface area contributed by atoms with Crippen LogP contribution in [0.4, 0.5) is 0 Å². The quantitative estimate of drug-likeness (QED) is 0.526.